The summed E-state index contributed by atoms with van der Waals surface area (Å²) in [5.41, 5.74) is 0.739. The molecule has 1 amide bonds. The number of amides is 1. The van der Waals surface area contributed by atoms with E-state index in [0.717, 1.165) is 24.6 Å². The van der Waals surface area contributed by atoms with Gasteiger partial charge in [-0.25, -0.2) is 4.98 Å². The highest BCUT2D eigenvalue weighted by atomic mass is 16.1. The summed E-state index contributed by atoms with van der Waals surface area (Å²) >= 11 is 0. The first kappa shape index (κ1) is 13.6. The van der Waals surface area contributed by atoms with Gasteiger partial charge in [-0.1, -0.05) is 0 Å². The molecular formula is C15H19N5O. The van der Waals surface area contributed by atoms with Crippen LogP contribution in [-0.2, 0) is 11.3 Å². The minimum absolute atomic E-state index is 0.0266. The van der Waals surface area contributed by atoms with Crippen LogP contribution in [0.2, 0.25) is 0 Å². The Morgan fingerprint density at radius 2 is 2.14 bits per heavy atom. The highest BCUT2D eigenvalue weighted by Gasteiger charge is 2.13. The van der Waals surface area contributed by atoms with Crippen LogP contribution in [0.25, 0.3) is 0 Å². The molecule has 0 aliphatic carbocycles. The Labute approximate surface area is 123 Å². The van der Waals surface area contributed by atoms with E-state index in [1.807, 2.05) is 24.4 Å². The van der Waals surface area contributed by atoms with Crippen molar-refractivity contribution in [2.45, 2.75) is 25.8 Å². The Kier molecular flexibility index (Phi) is 4.14. The number of carbonyl (C=O) groups excluding carboxylic acids is 1. The molecule has 0 aromatic carbocycles. The number of aryl methyl sites for hydroxylation is 1. The zero-order chi connectivity index (χ0) is 14.5. The molecule has 0 radical (unpaired) electrons. The monoisotopic (exact) mass is 285 g/mol. The van der Waals surface area contributed by atoms with Gasteiger partial charge in [0.25, 0.3) is 0 Å². The molecule has 1 aliphatic heterocycles. The summed E-state index contributed by atoms with van der Waals surface area (Å²) in [5.74, 6) is 0.961. The maximum absolute atomic E-state index is 11.9. The fraction of sp³-hybridized carbons (Fsp3) is 0.400. The van der Waals surface area contributed by atoms with E-state index in [-0.39, 0.29) is 5.91 Å². The molecule has 3 rings (SSSR count). The maximum Gasteiger partial charge on any atom is 0.226 e. The van der Waals surface area contributed by atoms with Crippen molar-refractivity contribution in [3.8, 4) is 0 Å². The largest absolute Gasteiger partial charge is 0.357 e. The molecule has 0 spiro atoms. The zero-order valence-corrected chi connectivity index (χ0v) is 11.9. The number of nitrogens with zero attached hydrogens (tertiary/aromatic N) is 4. The molecule has 110 valence electrons. The second-order valence-corrected chi connectivity index (χ2v) is 5.17. The second kappa shape index (κ2) is 6.39. The Balaban J connectivity index is 1.51. The molecule has 6 heteroatoms. The molecule has 21 heavy (non-hydrogen) atoms. The molecular weight excluding hydrogens is 266 g/mol. The summed E-state index contributed by atoms with van der Waals surface area (Å²) in [7, 11) is 0. The molecule has 3 heterocycles. The minimum atomic E-state index is -0.0266. The summed E-state index contributed by atoms with van der Waals surface area (Å²) in [4.78, 5) is 18.5. The van der Waals surface area contributed by atoms with Crippen LogP contribution >= 0.6 is 0 Å². The molecule has 1 saturated heterocycles. The van der Waals surface area contributed by atoms with Gasteiger partial charge in [0.2, 0.25) is 5.91 Å². The number of rotatable bonds is 5. The van der Waals surface area contributed by atoms with E-state index < -0.39 is 0 Å². The third kappa shape index (κ3) is 3.59. The predicted molar refractivity (Wildman–Crippen MR) is 81.2 cm³/mol. The average molecular weight is 285 g/mol. The highest BCUT2D eigenvalue weighted by Crippen LogP contribution is 2.19. The van der Waals surface area contributed by atoms with Crippen LogP contribution in [0.3, 0.4) is 0 Å². The van der Waals surface area contributed by atoms with Crippen LogP contribution in [0.1, 0.15) is 19.3 Å². The normalized spacial score (nSPS) is 14.4. The molecule has 1 aliphatic rings. The first-order valence-corrected chi connectivity index (χ1v) is 7.29. The van der Waals surface area contributed by atoms with Crippen LogP contribution in [0, 0.1) is 0 Å². The van der Waals surface area contributed by atoms with Gasteiger partial charge in [-0.3, -0.25) is 9.48 Å². The lowest BCUT2D eigenvalue weighted by Gasteiger charge is -2.16. The lowest BCUT2D eigenvalue weighted by Crippen LogP contribution is -2.19. The lowest BCUT2D eigenvalue weighted by atomic mass is 10.3. The standard InChI is InChI=1S/C15H19N5O/c21-15(6-11-20-10-3-7-17-20)18-13-4-5-14(16-12-13)19-8-1-2-9-19/h3-5,7,10,12H,1-2,6,8-9,11H2,(H,18,21). The van der Waals surface area contributed by atoms with Crippen LogP contribution in [0.15, 0.2) is 36.8 Å². The van der Waals surface area contributed by atoms with Gasteiger partial charge in [0.1, 0.15) is 5.82 Å². The van der Waals surface area contributed by atoms with Crippen molar-refractivity contribution < 1.29 is 4.79 Å². The first-order valence-electron chi connectivity index (χ1n) is 7.29. The van der Waals surface area contributed by atoms with Crippen molar-refractivity contribution in [3.05, 3.63) is 36.8 Å². The van der Waals surface area contributed by atoms with E-state index in [2.05, 4.69) is 20.3 Å². The van der Waals surface area contributed by atoms with Gasteiger partial charge < -0.3 is 10.2 Å². The second-order valence-electron chi connectivity index (χ2n) is 5.17. The number of hydrogen-bond donors (Lipinski definition) is 1. The van der Waals surface area contributed by atoms with Crippen LogP contribution in [-0.4, -0.2) is 33.8 Å². The summed E-state index contributed by atoms with van der Waals surface area (Å²) in [6, 6.07) is 5.72. The number of hydrogen-bond acceptors (Lipinski definition) is 4. The van der Waals surface area contributed by atoms with Crippen molar-refractivity contribution in [1.29, 1.82) is 0 Å². The summed E-state index contributed by atoms with van der Waals surface area (Å²) in [5, 5.41) is 6.93. The molecule has 2 aromatic heterocycles. The van der Waals surface area contributed by atoms with Crippen molar-refractivity contribution in [2.24, 2.45) is 0 Å². The fourth-order valence-corrected chi connectivity index (χ4v) is 2.47. The van der Waals surface area contributed by atoms with Crippen molar-refractivity contribution in [1.82, 2.24) is 14.8 Å². The molecule has 0 saturated carbocycles. The number of nitrogens with one attached hydrogen (secondary N) is 1. The number of anilines is 2. The molecule has 2 aromatic rings. The molecule has 0 atom stereocenters. The van der Waals surface area contributed by atoms with E-state index in [1.54, 1.807) is 17.1 Å². The quantitative estimate of drug-likeness (QED) is 0.911. The molecule has 6 nitrogen and oxygen atoms in total. The van der Waals surface area contributed by atoms with Gasteiger partial charge in [0, 0.05) is 38.4 Å². The van der Waals surface area contributed by atoms with Crippen LogP contribution in [0.4, 0.5) is 11.5 Å². The highest BCUT2D eigenvalue weighted by molar-refractivity contribution is 5.90. The number of carbonyl (C=O) groups is 1. The summed E-state index contributed by atoms with van der Waals surface area (Å²) in [6.45, 7) is 2.73. The van der Waals surface area contributed by atoms with Crippen molar-refractivity contribution >= 4 is 17.4 Å². The van der Waals surface area contributed by atoms with Gasteiger partial charge in [-0.2, -0.15) is 5.10 Å². The Hall–Kier alpha value is -2.37. The van der Waals surface area contributed by atoms with E-state index in [1.165, 1.54) is 12.8 Å². The number of aromatic nitrogens is 3. The lowest BCUT2D eigenvalue weighted by molar-refractivity contribution is -0.116. The molecule has 0 bridgehead atoms. The topological polar surface area (TPSA) is 63.1 Å². The van der Waals surface area contributed by atoms with Gasteiger partial charge in [0.05, 0.1) is 11.9 Å². The van der Waals surface area contributed by atoms with Crippen molar-refractivity contribution in [2.75, 3.05) is 23.3 Å². The van der Waals surface area contributed by atoms with Gasteiger partial charge >= 0.3 is 0 Å². The molecule has 1 fully saturated rings. The molecule has 0 unspecified atom stereocenters. The van der Waals surface area contributed by atoms with Gasteiger partial charge in [-0.15, -0.1) is 0 Å². The third-order valence-corrected chi connectivity index (χ3v) is 3.59. The van der Waals surface area contributed by atoms with Crippen LogP contribution in [0.5, 0.6) is 0 Å². The average Bonchev–Trinajstić information content (AvgIpc) is 3.19. The fourth-order valence-electron chi connectivity index (χ4n) is 2.47. The van der Waals surface area contributed by atoms with Gasteiger partial charge in [0.15, 0.2) is 0 Å². The first-order chi connectivity index (χ1) is 10.3. The Bertz CT molecular complexity index is 573. The van der Waals surface area contributed by atoms with E-state index in [9.17, 15) is 4.79 Å². The summed E-state index contributed by atoms with van der Waals surface area (Å²) in [6.07, 6.45) is 8.13. The zero-order valence-electron chi connectivity index (χ0n) is 11.9. The number of pyridine rings is 1. The maximum atomic E-state index is 11.9. The predicted octanol–water partition coefficient (Wildman–Crippen LogP) is 1.91. The van der Waals surface area contributed by atoms with Gasteiger partial charge in [-0.05, 0) is 31.0 Å². The van der Waals surface area contributed by atoms with Crippen LogP contribution < -0.4 is 10.2 Å². The van der Waals surface area contributed by atoms with Crippen molar-refractivity contribution in [3.63, 3.8) is 0 Å². The third-order valence-electron chi connectivity index (χ3n) is 3.59. The summed E-state index contributed by atoms with van der Waals surface area (Å²) < 4.78 is 1.74. The van der Waals surface area contributed by atoms with E-state index in [0.29, 0.717) is 13.0 Å². The van der Waals surface area contributed by atoms with E-state index in [4.69, 9.17) is 0 Å². The Morgan fingerprint density at radius 3 is 2.81 bits per heavy atom. The Morgan fingerprint density at radius 1 is 1.29 bits per heavy atom. The smallest absolute Gasteiger partial charge is 0.226 e. The minimum Gasteiger partial charge on any atom is -0.357 e. The SMILES string of the molecule is O=C(CCn1cccn1)Nc1ccc(N2CCCC2)nc1. The molecule has 1 N–H and O–H groups in total. The van der Waals surface area contributed by atoms with E-state index >= 15 is 0 Å².